The van der Waals surface area contributed by atoms with E-state index < -0.39 is 0 Å². The molecule has 4 heteroatoms. The van der Waals surface area contributed by atoms with E-state index in [1.54, 1.807) is 13.1 Å². The van der Waals surface area contributed by atoms with E-state index in [9.17, 15) is 4.79 Å². The zero-order valence-electron chi connectivity index (χ0n) is 8.70. The Kier molecular flexibility index (Phi) is 3.56. The number of carbonyl (C=O) groups excluding carboxylic acids is 1. The zero-order chi connectivity index (χ0) is 10.6. The van der Waals surface area contributed by atoms with Crippen molar-refractivity contribution in [2.75, 3.05) is 6.61 Å². The number of hydrogen-bond acceptors (Lipinski definition) is 4. The summed E-state index contributed by atoms with van der Waals surface area (Å²) in [5.74, 6) is -0.254. The monoisotopic (exact) mass is 194 g/mol. The molecule has 0 atom stereocenters. The van der Waals surface area contributed by atoms with Crippen LogP contribution in [0.15, 0.2) is 6.20 Å². The molecule has 0 fully saturated rings. The third-order valence-electron chi connectivity index (χ3n) is 1.79. The number of aryl methyl sites for hydroxylation is 2. The second-order valence-corrected chi connectivity index (χ2v) is 3.03. The third kappa shape index (κ3) is 2.80. The molecule has 0 amide bonds. The topological polar surface area (TPSA) is 52.1 Å². The van der Waals surface area contributed by atoms with Crippen LogP contribution in [0.25, 0.3) is 0 Å². The van der Waals surface area contributed by atoms with Crippen molar-refractivity contribution in [3.8, 4) is 0 Å². The number of nitrogens with zero attached hydrogens (tertiary/aromatic N) is 2. The van der Waals surface area contributed by atoms with Crippen molar-refractivity contribution >= 4 is 5.97 Å². The van der Waals surface area contributed by atoms with Gasteiger partial charge in [0.15, 0.2) is 0 Å². The van der Waals surface area contributed by atoms with Gasteiger partial charge in [-0.15, -0.1) is 0 Å². The van der Waals surface area contributed by atoms with Crippen LogP contribution < -0.4 is 0 Å². The van der Waals surface area contributed by atoms with E-state index in [1.807, 2.05) is 13.8 Å². The zero-order valence-corrected chi connectivity index (χ0v) is 8.70. The summed E-state index contributed by atoms with van der Waals surface area (Å²) in [5, 5.41) is 0. The molecule has 0 N–H and O–H groups in total. The summed E-state index contributed by atoms with van der Waals surface area (Å²) in [7, 11) is 0. The Balaban J connectivity index is 2.75. The van der Waals surface area contributed by atoms with Gasteiger partial charge in [-0.05, 0) is 20.8 Å². The Morgan fingerprint density at radius 1 is 1.50 bits per heavy atom. The Hall–Kier alpha value is -1.45. The first-order valence-electron chi connectivity index (χ1n) is 4.58. The van der Waals surface area contributed by atoms with E-state index in [-0.39, 0.29) is 12.4 Å². The summed E-state index contributed by atoms with van der Waals surface area (Å²) in [5.41, 5.74) is 2.29. The fourth-order valence-corrected chi connectivity index (χ4v) is 1.10. The Morgan fingerprint density at radius 3 is 2.86 bits per heavy atom. The first kappa shape index (κ1) is 10.6. The molecule has 0 aliphatic carbocycles. The molecule has 0 saturated heterocycles. The van der Waals surface area contributed by atoms with Gasteiger partial charge < -0.3 is 4.74 Å². The summed E-state index contributed by atoms with van der Waals surface area (Å²) in [6.45, 7) is 5.87. The molecule has 4 nitrogen and oxygen atoms in total. The van der Waals surface area contributed by atoms with Crippen LogP contribution in [-0.4, -0.2) is 22.5 Å². The molecule has 0 aliphatic rings. The van der Waals surface area contributed by atoms with Gasteiger partial charge in [-0.1, -0.05) is 0 Å². The highest BCUT2D eigenvalue weighted by molar-refractivity contribution is 5.72. The van der Waals surface area contributed by atoms with Gasteiger partial charge in [0.1, 0.15) is 0 Å². The molecule has 0 unspecified atom stereocenters. The number of carbonyl (C=O) groups is 1. The summed E-state index contributed by atoms with van der Waals surface area (Å²) < 4.78 is 4.83. The Bertz CT molecular complexity index is 337. The first-order chi connectivity index (χ1) is 6.63. The van der Waals surface area contributed by atoms with Crippen molar-refractivity contribution in [1.29, 1.82) is 0 Å². The lowest BCUT2D eigenvalue weighted by Gasteiger charge is -2.04. The van der Waals surface area contributed by atoms with Crippen molar-refractivity contribution in [1.82, 2.24) is 9.97 Å². The number of hydrogen-bond donors (Lipinski definition) is 0. The Labute approximate surface area is 83.3 Å². The molecule has 0 aromatic carbocycles. The fourth-order valence-electron chi connectivity index (χ4n) is 1.10. The molecule has 1 heterocycles. The average Bonchev–Trinajstić information content (AvgIpc) is 2.12. The van der Waals surface area contributed by atoms with Crippen LogP contribution in [0.5, 0.6) is 0 Å². The second kappa shape index (κ2) is 4.69. The lowest BCUT2D eigenvalue weighted by Crippen LogP contribution is -2.11. The molecule has 1 rings (SSSR count). The summed E-state index contributed by atoms with van der Waals surface area (Å²) in [6, 6.07) is 0. The standard InChI is InChI=1S/C10H14N2O2/c1-4-14-10(13)5-9-8(3)11-6-7(2)12-9/h6H,4-5H2,1-3H3. The maximum Gasteiger partial charge on any atom is 0.311 e. The van der Waals surface area contributed by atoms with Gasteiger partial charge in [0.25, 0.3) is 0 Å². The van der Waals surface area contributed by atoms with E-state index in [2.05, 4.69) is 9.97 Å². The molecule has 14 heavy (non-hydrogen) atoms. The maximum atomic E-state index is 11.2. The molecule has 0 radical (unpaired) electrons. The highest BCUT2D eigenvalue weighted by atomic mass is 16.5. The minimum atomic E-state index is -0.254. The molecule has 1 aromatic rings. The molecule has 0 saturated carbocycles. The average molecular weight is 194 g/mol. The first-order valence-corrected chi connectivity index (χ1v) is 4.58. The quantitative estimate of drug-likeness (QED) is 0.678. The van der Waals surface area contributed by atoms with Gasteiger partial charge in [-0.25, -0.2) is 0 Å². The van der Waals surface area contributed by atoms with Crippen LogP contribution in [0.2, 0.25) is 0 Å². The van der Waals surface area contributed by atoms with Crippen molar-refractivity contribution in [2.45, 2.75) is 27.2 Å². The second-order valence-electron chi connectivity index (χ2n) is 3.03. The van der Waals surface area contributed by atoms with Gasteiger partial charge in [-0.2, -0.15) is 0 Å². The van der Waals surface area contributed by atoms with E-state index in [0.717, 1.165) is 11.4 Å². The van der Waals surface area contributed by atoms with Crippen LogP contribution in [-0.2, 0) is 16.0 Å². The van der Waals surface area contributed by atoms with Crippen molar-refractivity contribution in [3.05, 3.63) is 23.3 Å². The summed E-state index contributed by atoms with van der Waals surface area (Å²) in [6.07, 6.45) is 1.89. The minimum Gasteiger partial charge on any atom is -0.466 e. The number of ether oxygens (including phenoxy) is 1. The smallest absolute Gasteiger partial charge is 0.311 e. The fraction of sp³-hybridized carbons (Fsp3) is 0.500. The normalized spacial score (nSPS) is 9.93. The SMILES string of the molecule is CCOC(=O)Cc1nc(C)cnc1C. The minimum absolute atomic E-state index is 0.203. The van der Waals surface area contributed by atoms with Crippen molar-refractivity contribution in [3.63, 3.8) is 0 Å². The summed E-state index contributed by atoms with van der Waals surface area (Å²) in [4.78, 5) is 19.5. The summed E-state index contributed by atoms with van der Waals surface area (Å²) >= 11 is 0. The number of aromatic nitrogens is 2. The van der Waals surface area contributed by atoms with Crippen molar-refractivity contribution in [2.24, 2.45) is 0 Å². The largest absolute Gasteiger partial charge is 0.466 e. The van der Waals surface area contributed by atoms with E-state index in [4.69, 9.17) is 4.74 Å². The predicted molar refractivity (Wildman–Crippen MR) is 51.8 cm³/mol. The van der Waals surface area contributed by atoms with Crippen LogP contribution in [0, 0.1) is 13.8 Å². The van der Waals surface area contributed by atoms with Crippen LogP contribution in [0.4, 0.5) is 0 Å². The highest BCUT2D eigenvalue weighted by Gasteiger charge is 2.08. The molecular formula is C10H14N2O2. The molecular weight excluding hydrogens is 180 g/mol. The number of rotatable bonds is 3. The van der Waals surface area contributed by atoms with Gasteiger partial charge in [-0.3, -0.25) is 14.8 Å². The molecule has 0 aliphatic heterocycles. The molecule has 0 bridgehead atoms. The van der Waals surface area contributed by atoms with E-state index >= 15 is 0 Å². The highest BCUT2D eigenvalue weighted by Crippen LogP contribution is 2.04. The molecule has 0 spiro atoms. The lowest BCUT2D eigenvalue weighted by molar-refractivity contribution is -0.142. The lowest BCUT2D eigenvalue weighted by atomic mass is 10.2. The van der Waals surface area contributed by atoms with E-state index in [0.29, 0.717) is 12.3 Å². The molecule has 1 aromatic heterocycles. The third-order valence-corrected chi connectivity index (χ3v) is 1.79. The van der Waals surface area contributed by atoms with Crippen LogP contribution >= 0.6 is 0 Å². The van der Waals surface area contributed by atoms with Gasteiger partial charge >= 0.3 is 5.97 Å². The maximum absolute atomic E-state index is 11.2. The van der Waals surface area contributed by atoms with Gasteiger partial charge in [0.2, 0.25) is 0 Å². The van der Waals surface area contributed by atoms with Gasteiger partial charge in [0.05, 0.1) is 30.1 Å². The van der Waals surface area contributed by atoms with Crippen LogP contribution in [0.1, 0.15) is 24.0 Å². The number of esters is 1. The van der Waals surface area contributed by atoms with E-state index in [1.165, 1.54) is 0 Å². The molecule has 76 valence electrons. The van der Waals surface area contributed by atoms with Crippen molar-refractivity contribution < 1.29 is 9.53 Å². The van der Waals surface area contributed by atoms with Gasteiger partial charge in [0, 0.05) is 6.20 Å². The van der Waals surface area contributed by atoms with Crippen LogP contribution in [0.3, 0.4) is 0 Å². The Morgan fingerprint density at radius 2 is 2.21 bits per heavy atom. The predicted octanol–water partition coefficient (Wildman–Crippen LogP) is 1.20.